The third-order valence-corrected chi connectivity index (χ3v) is 8.41. The van der Waals surface area contributed by atoms with E-state index in [2.05, 4.69) is 46.5 Å². The summed E-state index contributed by atoms with van der Waals surface area (Å²) in [5, 5.41) is 8.32. The molecule has 0 atom stereocenters. The third-order valence-electron chi connectivity index (χ3n) is 5.91. The quantitative estimate of drug-likeness (QED) is 0.634. The lowest BCUT2D eigenvalue weighted by atomic mass is 10.0. The van der Waals surface area contributed by atoms with E-state index >= 15 is 0 Å². The smallest absolute Gasteiger partial charge is 0.320 e. The highest BCUT2D eigenvalue weighted by Gasteiger charge is 2.24. The fraction of sp³-hybridized carbons (Fsp3) is 0.409. The number of ether oxygens (including phenoxy) is 1. The van der Waals surface area contributed by atoms with Crippen LogP contribution >= 0.6 is 22.7 Å². The number of carbonyl (C=O) groups is 1. The normalized spacial score (nSPS) is 16.2. The Morgan fingerprint density at radius 3 is 2.80 bits per heavy atom. The van der Waals surface area contributed by atoms with Crippen LogP contribution < -0.4 is 10.6 Å². The zero-order valence-corrected chi connectivity index (χ0v) is 18.9. The Morgan fingerprint density at radius 1 is 1.17 bits per heavy atom. The van der Waals surface area contributed by atoms with Crippen LogP contribution in [0.15, 0.2) is 24.5 Å². The highest BCUT2D eigenvalue weighted by molar-refractivity contribution is 7.16. The van der Waals surface area contributed by atoms with Gasteiger partial charge in [-0.1, -0.05) is 0 Å². The van der Waals surface area contributed by atoms with Gasteiger partial charge in [0.15, 0.2) is 0 Å². The molecule has 0 saturated heterocycles. The first kappa shape index (κ1) is 19.8. The van der Waals surface area contributed by atoms with Gasteiger partial charge in [0.25, 0.3) is 0 Å². The van der Waals surface area contributed by atoms with Gasteiger partial charge in [-0.2, -0.15) is 0 Å². The van der Waals surface area contributed by atoms with E-state index in [1.165, 1.54) is 37.0 Å². The van der Waals surface area contributed by atoms with Crippen molar-refractivity contribution in [3.63, 3.8) is 0 Å². The summed E-state index contributed by atoms with van der Waals surface area (Å²) < 4.78 is 7.71. The second kappa shape index (κ2) is 8.19. The monoisotopic (exact) mass is 442 g/mol. The summed E-state index contributed by atoms with van der Waals surface area (Å²) in [6.07, 6.45) is 6.11. The van der Waals surface area contributed by atoms with Crippen LogP contribution in [0.25, 0.3) is 5.00 Å². The van der Waals surface area contributed by atoms with Gasteiger partial charge in [-0.3, -0.25) is 5.32 Å². The van der Waals surface area contributed by atoms with Crippen LogP contribution in [0.4, 0.5) is 9.80 Å². The molecule has 0 fully saturated rings. The van der Waals surface area contributed by atoms with Crippen molar-refractivity contribution < 1.29 is 9.53 Å². The molecule has 3 aromatic rings. The summed E-state index contributed by atoms with van der Waals surface area (Å²) in [6.45, 7) is 6.06. The van der Waals surface area contributed by atoms with Crippen molar-refractivity contribution in [1.82, 2.24) is 14.8 Å². The van der Waals surface area contributed by atoms with Crippen molar-refractivity contribution in [3.05, 3.63) is 56.5 Å². The van der Waals surface area contributed by atoms with Crippen molar-refractivity contribution in [2.75, 3.05) is 25.5 Å². The van der Waals surface area contributed by atoms with Crippen LogP contribution in [0.5, 0.6) is 0 Å². The number of amides is 2. The molecule has 2 aliphatic heterocycles. The number of anilines is 1. The molecule has 0 radical (unpaired) electrons. The van der Waals surface area contributed by atoms with Gasteiger partial charge in [0, 0.05) is 47.3 Å². The summed E-state index contributed by atoms with van der Waals surface area (Å²) in [6, 6.07) is 3.93. The number of rotatable bonds is 4. The number of nitrogens with one attached hydrogen (secondary N) is 2. The molecule has 158 valence electrons. The maximum absolute atomic E-state index is 12.7. The molecule has 6 nitrogen and oxygen atoms in total. The molecule has 0 saturated carbocycles. The summed E-state index contributed by atoms with van der Waals surface area (Å²) >= 11 is 3.47. The van der Waals surface area contributed by atoms with Crippen LogP contribution in [0.3, 0.4) is 0 Å². The van der Waals surface area contributed by atoms with Crippen LogP contribution in [0.1, 0.15) is 32.0 Å². The van der Waals surface area contributed by atoms with Gasteiger partial charge in [-0.25, -0.2) is 4.79 Å². The molecule has 8 heteroatoms. The Hall–Kier alpha value is -2.13. The number of aromatic nitrogens is 1. The van der Waals surface area contributed by atoms with Crippen molar-refractivity contribution in [1.29, 1.82) is 0 Å². The van der Waals surface area contributed by atoms with Gasteiger partial charge >= 0.3 is 6.03 Å². The molecule has 5 rings (SSSR count). The Morgan fingerprint density at radius 2 is 2.00 bits per heavy atom. The zero-order valence-electron chi connectivity index (χ0n) is 17.3. The standard InChI is InChI=1S/C22H26N4O2S2/c1-14-15-6-10-28-13-19(15)29-20(14)24-22(27)23-11-17-16-5-9-25(2)12-18(16)30-21(17)26-7-3-4-8-26/h3-4,7-8H,5-6,9-13H2,1-2H3,(H2,23,24,27). The fourth-order valence-corrected chi connectivity index (χ4v) is 6.87. The number of likely N-dealkylation sites (N-methyl/N-ethyl adjacent to an activating group) is 1. The van der Waals surface area contributed by atoms with Gasteiger partial charge in [-0.15, -0.1) is 22.7 Å². The predicted molar refractivity (Wildman–Crippen MR) is 122 cm³/mol. The number of carbonyl (C=O) groups excluding carboxylic acids is 1. The summed E-state index contributed by atoms with van der Waals surface area (Å²) in [5.74, 6) is 0. The van der Waals surface area contributed by atoms with E-state index in [4.69, 9.17) is 4.74 Å². The summed E-state index contributed by atoms with van der Waals surface area (Å²) in [4.78, 5) is 17.7. The average molecular weight is 443 g/mol. The number of hydrogen-bond donors (Lipinski definition) is 2. The van der Waals surface area contributed by atoms with E-state index in [0.717, 1.165) is 37.5 Å². The largest absolute Gasteiger partial charge is 0.376 e. The second-order valence-electron chi connectivity index (χ2n) is 7.93. The zero-order chi connectivity index (χ0) is 20.7. The molecule has 30 heavy (non-hydrogen) atoms. The first-order valence-electron chi connectivity index (χ1n) is 10.3. The van der Waals surface area contributed by atoms with Gasteiger partial charge in [0.1, 0.15) is 5.00 Å². The number of fused-ring (bicyclic) bond motifs is 2. The summed E-state index contributed by atoms with van der Waals surface area (Å²) in [7, 11) is 2.16. The molecule has 0 aromatic carbocycles. The minimum atomic E-state index is -0.149. The highest BCUT2D eigenvalue weighted by Crippen LogP contribution is 2.37. The lowest BCUT2D eigenvalue weighted by Gasteiger charge is -2.22. The van der Waals surface area contributed by atoms with Crippen LogP contribution in [-0.2, 0) is 37.3 Å². The van der Waals surface area contributed by atoms with Gasteiger partial charge in [0.05, 0.1) is 18.2 Å². The molecular weight excluding hydrogens is 416 g/mol. The minimum Gasteiger partial charge on any atom is -0.376 e. The fourth-order valence-electron chi connectivity index (χ4n) is 4.27. The molecule has 5 heterocycles. The first-order chi connectivity index (χ1) is 14.6. The van der Waals surface area contributed by atoms with Gasteiger partial charge in [-0.05, 0) is 55.6 Å². The lowest BCUT2D eigenvalue weighted by Crippen LogP contribution is -2.30. The molecule has 0 aliphatic carbocycles. The van der Waals surface area contributed by atoms with Crippen LogP contribution in [0, 0.1) is 6.92 Å². The van der Waals surface area contributed by atoms with E-state index in [0.29, 0.717) is 13.2 Å². The van der Waals surface area contributed by atoms with Crippen molar-refractivity contribution in [3.8, 4) is 5.00 Å². The highest BCUT2D eigenvalue weighted by atomic mass is 32.1. The Kier molecular flexibility index (Phi) is 5.41. The first-order valence-corrected chi connectivity index (χ1v) is 11.9. The summed E-state index contributed by atoms with van der Waals surface area (Å²) in [5.41, 5.74) is 5.16. The Labute approximate surface area is 184 Å². The molecule has 3 aromatic heterocycles. The number of hydrogen-bond acceptors (Lipinski definition) is 5. The molecule has 2 amide bonds. The van der Waals surface area contributed by atoms with Crippen molar-refractivity contribution in [2.24, 2.45) is 0 Å². The number of urea groups is 1. The molecule has 0 spiro atoms. The molecule has 2 aliphatic rings. The topological polar surface area (TPSA) is 58.5 Å². The van der Waals surface area contributed by atoms with Crippen LogP contribution in [0.2, 0.25) is 0 Å². The van der Waals surface area contributed by atoms with E-state index in [1.54, 1.807) is 11.3 Å². The maximum atomic E-state index is 12.7. The van der Waals surface area contributed by atoms with E-state index in [1.807, 2.05) is 23.5 Å². The Bertz CT molecular complexity index is 1070. The van der Waals surface area contributed by atoms with Crippen molar-refractivity contribution in [2.45, 2.75) is 39.5 Å². The number of nitrogens with zero attached hydrogens (tertiary/aromatic N) is 2. The minimum absolute atomic E-state index is 0.149. The average Bonchev–Trinajstić information content (AvgIpc) is 3.45. The van der Waals surface area contributed by atoms with Gasteiger partial charge < -0.3 is 19.5 Å². The maximum Gasteiger partial charge on any atom is 0.320 e. The second-order valence-corrected chi connectivity index (χ2v) is 10.1. The van der Waals surface area contributed by atoms with E-state index in [9.17, 15) is 4.79 Å². The van der Waals surface area contributed by atoms with Crippen molar-refractivity contribution >= 4 is 33.7 Å². The van der Waals surface area contributed by atoms with E-state index < -0.39 is 0 Å². The molecule has 0 bridgehead atoms. The molecule has 0 unspecified atom stereocenters. The Balaban J connectivity index is 1.34. The molecular formula is C22H26N4O2S2. The third kappa shape index (κ3) is 3.69. The predicted octanol–water partition coefficient (Wildman–Crippen LogP) is 4.29. The van der Waals surface area contributed by atoms with Crippen LogP contribution in [-0.4, -0.2) is 35.7 Å². The van der Waals surface area contributed by atoms with Gasteiger partial charge in [0.2, 0.25) is 0 Å². The number of thiophene rings is 2. The SMILES string of the molecule is Cc1c(NC(=O)NCc2c(-n3cccc3)sc3c2CCN(C)C3)sc2c1CCOC2. The molecule has 2 N–H and O–H groups in total. The lowest BCUT2D eigenvalue weighted by molar-refractivity contribution is 0.113. The van der Waals surface area contributed by atoms with E-state index in [-0.39, 0.29) is 6.03 Å².